The Labute approximate surface area is 193 Å². The Kier molecular flexibility index (Phi) is 7.07. The van der Waals surface area contributed by atoms with Crippen LogP contribution in [0.25, 0.3) is 11.3 Å². The normalized spacial score (nSPS) is 18.9. The van der Waals surface area contributed by atoms with Crippen molar-refractivity contribution in [3.63, 3.8) is 0 Å². The summed E-state index contributed by atoms with van der Waals surface area (Å²) < 4.78 is 34.0. The highest BCUT2D eigenvalue weighted by Gasteiger charge is 2.27. The van der Waals surface area contributed by atoms with Gasteiger partial charge in [0, 0.05) is 35.9 Å². The van der Waals surface area contributed by atoms with Gasteiger partial charge >= 0.3 is 0 Å². The predicted octanol–water partition coefficient (Wildman–Crippen LogP) is 4.47. The lowest BCUT2D eigenvalue weighted by atomic mass is 9.86. The van der Waals surface area contributed by atoms with Gasteiger partial charge in [0.1, 0.15) is 10.6 Å². The van der Waals surface area contributed by atoms with Gasteiger partial charge in [-0.15, -0.1) is 11.3 Å². The topological polar surface area (TPSA) is 93.2 Å². The number of anilines is 1. The molecule has 3 aromatic rings. The summed E-state index contributed by atoms with van der Waals surface area (Å²) in [4.78, 5) is 8.91. The molecule has 7 nitrogen and oxygen atoms in total. The van der Waals surface area contributed by atoms with Crippen LogP contribution in [0.15, 0.2) is 53.0 Å². The third-order valence-electron chi connectivity index (χ3n) is 5.80. The fourth-order valence-electron chi connectivity index (χ4n) is 4.00. The number of benzene rings is 1. The molecule has 0 bridgehead atoms. The van der Waals surface area contributed by atoms with Gasteiger partial charge in [0.05, 0.1) is 12.8 Å². The number of nitrogens with one attached hydrogen (secondary N) is 2. The molecule has 2 aromatic heterocycles. The largest absolute Gasteiger partial charge is 0.495 e. The Hall–Kier alpha value is -2.49. The first kappa shape index (κ1) is 22.7. The van der Waals surface area contributed by atoms with Crippen molar-refractivity contribution < 1.29 is 13.2 Å². The van der Waals surface area contributed by atoms with Crippen molar-refractivity contribution in [3.8, 4) is 17.0 Å². The van der Waals surface area contributed by atoms with E-state index in [4.69, 9.17) is 4.74 Å². The second-order valence-electron chi connectivity index (χ2n) is 8.15. The number of sulfonamides is 1. The quantitative estimate of drug-likeness (QED) is 0.502. The van der Waals surface area contributed by atoms with E-state index in [1.807, 2.05) is 30.5 Å². The van der Waals surface area contributed by atoms with Crippen molar-refractivity contribution in [1.29, 1.82) is 0 Å². The van der Waals surface area contributed by atoms with Crippen LogP contribution in [0.1, 0.15) is 31.2 Å². The number of nitrogens with zero attached hydrogens (tertiary/aromatic N) is 2. The highest BCUT2D eigenvalue weighted by molar-refractivity contribution is 7.89. The number of hydrogen-bond acceptors (Lipinski definition) is 7. The molecule has 2 heterocycles. The SMILES string of the molecule is COc1ccc(C)cc1S(=O)(=O)N[C@H]1CC[C@H](CNc2nc(-c3ccncc3)cs2)CC1. The zero-order valence-electron chi connectivity index (χ0n) is 18.2. The van der Waals surface area contributed by atoms with E-state index in [2.05, 4.69) is 20.0 Å². The summed E-state index contributed by atoms with van der Waals surface area (Å²) in [5, 5.41) is 6.40. The van der Waals surface area contributed by atoms with Gasteiger partial charge in [0.15, 0.2) is 5.13 Å². The van der Waals surface area contributed by atoms with Gasteiger partial charge in [-0.05, 0) is 68.4 Å². The predicted molar refractivity (Wildman–Crippen MR) is 128 cm³/mol. The van der Waals surface area contributed by atoms with Crippen molar-refractivity contribution in [2.75, 3.05) is 19.0 Å². The minimum Gasteiger partial charge on any atom is -0.495 e. The lowest BCUT2D eigenvalue weighted by Crippen LogP contribution is -2.38. The average Bonchev–Trinajstić information content (AvgIpc) is 3.28. The van der Waals surface area contributed by atoms with Crippen LogP contribution in [0, 0.1) is 12.8 Å². The van der Waals surface area contributed by atoms with Gasteiger partial charge in [-0.1, -0.05) is 6.07 Å². The van der Waals surface area contributed by atoms with Gasteiger partial charge < -0.3 is 10.1 Å². The molecule has 1 aliphatic carbocycles. The fraction of sp³-hybridized carbons (Fsp3) is 0.391. The van der Waals surface area contributed by atoms with Gasteiger partial charge in [0.25, 0.3) is 0 Å². The van der Waals surface area contributed by atoms with Crippen LogP contribution in [0.4, 0.5) is 5.13 Å². The van der Waals surface area contributed by atoms with Crippen LogP contribution in [0.5, 0.6) is 5.75 Å². The van der Waals surface area contributed by atoms with Gasteiger partial charge in [-0.25, -0.2) is 18.1 Å². The summed E-state index contributed by atoms with van der Waals surface area (Å²) in [6.07, 6.45) is 7.11. The first-order valence-corrected chi connectivity index (χ1v) is 13.1. The zero-order valence-corrected chi connectivity index (χ0v) is 19.9. The number of ether oxygens (including phenoxy) is 1. The molecule has 0 unspecified atom stereocenters. The van der Waals surface area contributed by atoms with Crippen LogP contribution in [0.2, 0.25) is 0 Å². The Bertz CT molecular complexity index is 1140. The van der Waals surface area contributed by atoms with Crippen LogP contribution in [-0.4, -0.2) is 38.1 Å². The van der Waals surface area contributed by atoms with E-state index in [9.17, 15) is 8.42 Å². The van der Waals surface area contributed by atoms with E-state index in [1.165, 1.54) is 7.11 Å². The summed E-state index contributed by atoms with van der Waals surface area (Å²) in [7, 11) is -2.13. The third-order valence-corrected chi connectivity index (χ3v) is 8.14. The number of aryl methyl sites for hydroxylation is 1. The number of methoxy groups -OCH3 is 1. The lowest BCUT2D eigenvalue weighted by Gasteiger charge is -2.29. The standard InChI is InChI=1S/C23H28N4O3S2/c1-16-3-8-21(30-2)22(13-16)32(28,29)27-19-6-4-17(5-7-19)14-25-23-26-20(15-31-23)18-9-11-24-12-10-18/h3,8-13,15,17,19,27H,4-7,14H2,1-2H3,(H,25,26)/t17-,19-. The zero-order chi connectivity index (χ0) is 22.6. The van der Waals surface area contributed by atoms with Crippen molar-refractivity contribution in [3.05, 3.63) is 53.7 Å². The van der Waals surface area contributed by atoms with E-state index < -0.39 is 10.0 Å². The summed E-state index contributed by atoms with van der Waals surface area (Å²) in [5.74, 6) is 0.869. The molecule has 0 amide bonds. The van der Waals surface area contributed by atoms with Gasteiger partial charge in [-0.3, -0.25) is 4.98 Å². The third kappa shape index (κ3) is 5.46. The van der Waals surface area contributed by atoms with E-state index in [0.717, 1.165) is 54.2 Å². The summed E-state index contributed by atoms with van der Waals surface area (Å²) in [6, 6.07) is 9.05. The molecule has 1 fully saturated rings. The van der Waals surface area contributed by atoms with Gasteiger partial charge in [0.2, 0.25) is 10.0 Å². The van der Waals surface area contributed by atoms with E-state index in [0.29, 0.717) is 11.7 Å². The van der Waals surface area contributed by atoms with Crippen molar-refractivity contribution >= 4 is 26.5 Å². The lowest BCUT2D eigenvalue weighted by molar-refractivity contribution is 0.323. The maximum absolute atomic E-state index is 12.9. The summed E-state index contributed by atoms with van der Waals surface area (Å²) >= 11 is 1.60. The molecule has 0 saturated heterocycles. The number of aromatic nitrogens is 2. The summed E-state index contributed by atoms with van der Waals surface area (Å²) in [6.45, 7) is 2.72. The molecule has 1 saturated carbocycles. The maximum Gasteiger partial charge on any atom is 0.244 e. The Balaban J connectivity index is 1.28. The fourth-order valence-corrected chi connectivity index (χ4v) is 6.29. The number of pyridine rings is 1. The number of hydrogen-bond donors (Lipinski definition) is 2. The Morgan fingerprint density at radius 3 is 2.59 bits per heavy atom. The van der Waals surface area contributed by atoms with E-state index in [-0.39, 0.29) is 10.9 Å². The molecule has 2 N–H and O–H groups in total. The monoisotopic (exact) mass is 472 g/mol. The molecule has 0 radical (unpaired) electrons. The number of thiazole rings is 1. The average molecular weight is 473 g/mol. The molecule has 1 aromatic carbocycles. The molecular weight excluding hydrogens is 444 g/mol. The molecule has 0 spiro atoms. The molecule has 0 atom stereocenters. The molecule has 0 aliphatic heterocycles. The van der Waals surface area contributed by atoms with Crippen LogP contribution in [0.3, 0.4) is 0 Å². The Morgan fingerprint density at radius 1 is 1.12 bits per heavy atom. The molecule has 32 heavy (non-hydrogen) atoms. The minimum atomic E-state index is -3.62. The second-order valence-corrected chi connectivity index (χ2v) is 10.7. The molecule has 9 heteroatoms. The molecule has 170 valence electrons. The minimum absolute atomic E-state index is 0.0559. The first-order valence-electron chi connectivity index (χ1n) is 10.7. The number of rotatable bonds is 8. The van der Waals surface area contributed by atoms with E-state index in [1.54, 1.807) is 35.9 Å². The second kappa shape index (κ2) is 9.97. The van der Waals surface area contributed by atoms with Crippen molar-refractivity contribution in [1.82, 2.24) is 14.7 Å². The van der Waals surface area contributed by atoms with Crippen molar-refractivity contribution in [2.45, 2.75) is 43.5 Å². The highest BCUT2D eigenvalue weighted by Crippen LogP contribution is 2.30. The summed E-state index contributed by atoms with van der Waals surface area (Å²) in [5.41, 5.74) is 2.89. The van der Waals surface area contributed by atoms with Crippen LogP contribution < -0.4 is 14.8 Å². The maximum atomic E-state index is 12.9. The smallest absolute Gasteiger partial charge is 0.244 e. The van der Waals surface area contributed by atoms with Crippen molar-refractivity contribution in [2.24, 2.45) is 5.92 Å². The van der Waals surface area contributed by atoms with Gasteiger partial charge in [-0.2, -0.15) is 0 Å². The first-order chi connectivity index (χ1) is 15.4. The van der Waals surface area contributed by atoms with Crippen LogP contribution in [-0.2, 0) is 10.0 Å². The Morgan fingerprint density at radius 2 is 1.88 bits per heavy atom. The van der Waals surface area contributed by atoms with Crippen LogP contribution >= 0.6 is 11.3 Å². The molecular formula is C23H28N4O3S2. The molecule has 4 rings (SSSR count). The highest BCUT2D eigenvalue weighted by atomic mass is 32.2. The van der Waals surface area contributed by atoms with E-state index >= 15 is 0 Å². The molecule has 1 aliphatic rings.